The van der Waals surface area contributed by atoms with Crippen LogP contribution in [-0.4, -0.2) is 41.2 Å². The van der Waals surface area contributed by atoms with Crippen LogP contribution < -0.4 is 32.8 Å². The molecule has 0 aliphatic heterocycles. The zero-order valence-corrected chi connectivity index (χ0v) is 31.2. The fourth-order valence-corrected chi connectivity index (χ4v) is 11.1. The maximum absolute atomic E-state index is 6.33. The fourth-order valence-electron chi connectivity index (χ4n) is 4.59. The minimum absolute atomic E-state index is 0. The van der Waals surface area contributed by atoms with Crippen molar-refractivity contribution in [3.05, 3.63) is 91.0 Å². The highest BCUT2D eigenvalue weighted by Gasteiger charge is 2.31. The van der Waals surface area contributed by atoms with E-state index < -0.39 is 24.2 Å². The Morgan fingerprint density at radius 3 is 1.15 bits per heavy atom. The van der Waals surface area contributed by atoms with Gasteiger partial charge < -0.3 is 17.2 Å². The summed E-state index contributed by atoms with van der Waals surface area (Å²) in [5.74, 6) is 0. The maximum Gasteiger partial charge on any atom is 0.0980 e. The molecule has 2 unspecified atom stereocenters. The molecule has 0 fully saturated rings. The van der Waals surface area contributed by atoms with E-state index in [-0.39, 0.29) is 12.4 Å². The van der Waals surface area contributed by atoms with Crippen LogP contribution in [0.25, 0.3) is 0 Å². The van der Waals surface area contributed by atoms with Crippen LogP contribution >= 0.6 is 12.4 Å². The summed E-state index contributed by atoms with van der Waals surface area (Å²) < 4.78 is 0. The molecule has 0 heterocycles. The van der Waals surface area contributed by atoms with E-state index in [9.17, 15) is 0 Å². The maximum atomic E-state index is 6.33. The average Bonchev–Trinajstić information content (AvgIpc) is 2.97. The van der Waals surface area contributed by atoms with Crippen LogP contribution in [0, 0.1) is 0 Å². The molecule has 0 bridgehead atoms. The van der Waals surface area contributed by atoms with Crippen LogP contribution in [0.4, 0.5) is 0 Å². The Morgan fingerprint density at radius 1 is 0.537 bits per heavy atom. The Balaban J connectivity index is 0.000000582. The fraction of sp³-hybridized carbons (Fsp3) is 0.471. The van der Waals surface area contributed by atoms with Crippen molar-refractivity contribution < 1.29 is 0 Å². The lowest BCUT2D eigenvalue weighted by Crippen LogP contribution is -2.56. The third-order valence-electron chi connectivity index (χ3n) is 8.85. The van der Waals surface area contributed by atoms with Gasteiger partial charge in [-0.2, -0.15) is 0 Å². The predicted octanol–water partition coefficient (Wildman–Crippen LogP) is 6.45. The molecule has 0 saturated carbocycles. The van der Waals surface area contributed by atoms with E-state index in [0.29, 0.717) is 17.0 Å². The normalized spacial score (nSPS) is 13.8. The van der Waals surface area contributed by atoms with E-state index in [1.165, 1.54) is 34.8 Å². The second-order valence-electron chi connectivity index (χ2n) is 12.8. The summed E-state index contributed by atoms with van der Waals surface area (Å²) in [5.41, 5.74) is 19.5. The quantitative estimate of drug-likeness (QED) is 0.226. The third kappa shape index (κ3) is 12.3. The van der Waals surface area contributed by atoms with Crippen molar-refractivity contribution in [3.63, 3.8) is 0 Å². The molecule has 0 saturated heterocycles. The van der Waals surface area contributed by atoms with Crippen molar-refractivity contribution in [2.24, 2.45) is 17.2 Å². The minimum atomic E-state index is -1.44. The van der Waals surface area contributed by atoms with Crippen molar-refractivity contribution in [1.82, 2.24) is 0 Å². The van der Waals surface area contributed by atoms with Crippen molar-refractivity contribution >= 4 is 52.2 Å². The Morgan fingerprint density at radius 2 is 0.854 bits per heavy atom. The van der Waals surface area contributed by atoms with Crippen LogP contribution in [0.5, 0.6) is 0 Å². The molecule has 0 aliphatic rings. The largest absolute Gasteiger partial charge is 0.330 e. The molecule has 0 spiro atoms. The SMILES string of the molecule is CCC(N)[Si](C)(C)c1ccccc1.CCCCC(N)[Si](C)(C)c1ccccc1.C[C@H](N)[Si](C)(C)c1ccccc1.Cl. The summed E-state index contributed by atoms with van der Waals surface area (Å²) in [6.45, 7) is 20.6. The molecule has 0 aromatic heterocycles. The second-order valence-corrected chi connectivity index (χ2v) is 27.3. The Bertz CT molecular complexity index is 1060. The van der Waals surface area contributed by atoms with E-state index in [2.05, 4.69) is 151 Å². The number of rotatable bonds is 10. The van der Waals surface area contributed by atoms with E-state index in [1.54, 1.807) is 0 Å². The van der Waals surface area contributed by atoms with Crippen LogP contribution in [0.2, 0.25) is 39.3 Å². The van der Waals surface area contributed by atoms with Gasteiger partial charge in [-0.3, -0.25) is 0 Å². The Kier molecular flexibility index (Phi) is 18.2. The van der Waals surface area contributed by atoms with E-state index in [1.807, 2.05) is 0 Å². The third-order valence-corrected chi connectivity index (χ3v) is 21.0. The summed E-state index contributed by atoms with van der Waals surface area (Å²) >= 11 is 0. The molecular weight excluding hydrogens is 570 g/mol. The molecule has 3 rings (SSSR count). The summed E-state index contributed by atoms with van der Waals surface area (Å²) in [6, 6.07) is 32.1. The van der Waals surface area contributed by atoms with E-state index in [4.69, 9.17) is 17.2 Å². The van der Waals surface area contributed by atoms with Crippen molar-refractivity contribution in [3.8, 4) is 0 Å². The molecule has 3 aromatic rings. The lowest BCUT2D eigenvalue weighted by molar-refractivity contribution is 0.678. The molecule has 3 nitrogen and oxygen atoms in total. The van der Waals surface area contributed by atoms with Crippen LogP contribution in [0.15, 0.2) is 91.0 Å². The molecule has 3 atom stereocenters. The first-order valence-electron chi connectivity index (χ1n) is 15.2. The van der Waals surface area contributed by atoms with Crippen molar-refractivity contribution in [1.29, 1.82) is 0 Å². The molecule has 7 heteroatoms. The molecular formula is C34H60ClN3Si3. The monoisotopic (exact) mass is 629 g/mol. The van der Waals surface area contributed by atoms with Gasteiger partial charge in [0.1, 0.15) is 0 Å². The Hall–Kier alpha value is -1.52. The zero-order valence-electron chi connectivity index (χ0n) is 27.4. The average molecular weight is 631 g/mol. The van der Waals surface area contributed by atoms with Gasteiger partial charge in [-0.1, -0.05) is 179 Å². The molecule has 230 valence electrons. The standard InChI is InChI=1S/C13H23NSi.C11H19NSi.C10H17NSi.ClH/c1-4-5-11-13(14)15(2,3)12-9-7-6-8-10-12;1-4-11(12)13(2,3)10-8-6-5-7-9-10;1-9(11)12(2,3)10-7-5-4-6-8-10;/h6-10,13H,4-5,11,14H2,1-3H3;5-9,11H,4,12H2,1-3H3;4-9H,11H2,1-3H3;1H/t;;9-;/m..1./s1. The summed E-state index contributed by atoms with van der Waals surface area (Å²) in [7, 11) is -4.23. The molecule has 6 N–H and O–H groups in total. The van der Waals surface area contributed by atoms with Gasteiger partial charge in [0.2, 0.25) is 0 Å². The summed E-state index contributed by atoms with van der Waals surface area (Å²) in [6.07, 6.45) is 4.75. The first-order valence-corrected chi connectivity index (χ1v) is 24.4. The van der Waals surface area contributed by atoms with E-state index in [0.717, 1.165) is 6.42 Å². The van der Waals surface area contributed by atoms with E-state index >= 15 is 0 Å². The van der Waals surface area contributed by atoms with Crippen LogP contribution in [0.1, 0.15) is 46.5 Å². The highest BCUT2D eigenvalue weighted by atomic mass is 35.5. The molecule has 3 aromatic carbocycles. The molecule has 0 aliphatic carbocycles. The lowest BCUT2D eigenvalue weighted by atomic mass is 10.2. The van der Waals surface area contributed by atoms with Crippen LogP contribution in [0.3, 0.4) is 0 Å². The van der Waals surface area contributed by atoms with Gasteiger partial charge >= 0.3 is 0 Å². The first-order chi connectivity index (χ1) is 18.7. The predicted molar refractivity (Wildman–Crippen MR) is 197 cm³/mol. The highest BCUT2D eigenvalue weighted by molar-refractivity contribution is 6.91. The van der Waals surface area contributed by atoms with Crippen molar-refractivity contribution in [2.75, 3.05) is 0 Å². The topological polar surface area (TPSA) is 78.1 Å². The smallest absolute Gasteiger partial charge is 0.0980 e. The van der Waals surface area contributed by atoms with Crippen molar-refractivity contribution in [2.45, 2.75) is 103 Å². The second kappa shape index (κ2) is 18.9. The first kappa shape index (κ1) is 39.5. The number of benzene rings is 3. The van der Waals surface area contributed by atoms with Gasteiger partial charge in [-0.25, -0.2) is 0 Å². The van der Waals surface area contributed by atoms with Gasteiger partial charge in [0.15, 0.2) is 0 Å². The zero-order chi connectivity index (χ0) is 30.4. The summed E-state index contributed by atoms with van der Waals surface area (Å²) in [5, 5.41) is 4.39. The number of hydrogen-bond donors (Lipinski definition) is 3. The van der Waals surface area contributed by atoms with Crippen LogP contribution in [-0.2, 0) is 0 Å². The minimum Gasteiger partial charge on any atom is -0.330 e. The molecule has 41 heavy (non-hydrogen) atoms. The lowest BCUT2D eigenvalue weighted by Gasteiger charge is -2.30. The van der Waals surface area contributed by atoms with Gasteiger partial charge in [0, 0.05) is 11.3 Å². The highest BCUT2D eigenvalue weighted by Crippen LogP contribution is 2.13. The number of unbranched alkanes of at least 4 members (excludes halogenated alkanes) is 1. The van der Waals surface area contributed by atoms with Gasteiger partial charge in [0.05, 0.1) is 24.2 Å². The molecule has 0 amide bonds. The van der Waals surface area contributed by atoms with Gasteiger partial charge in [0.25, 0.3) is 0 Å². The van der Waals surface area contributed by atoms with Gasteiger partial charge in [-0.05, 0) is 18.5 Å². The van der Waals surface area contributed by atoms with Gasteiger partial charge in [-0.15, -0.1) is 12.4 Å². The number of nitrogens with two attached hydrogens (primary N) is 3. The number of hydrogen-bond acceptors (Lipinski definition) is 3. The Labute approximate surface area is 262 Å². The number of halogens is 1. The molecule has 0 radical (unpaired) electrons. The summed E-state index contributed by atoms with van der Waals surface area (Å²) in [4.78, 5) is 0.